The van der Waals surface area contributed by atoms with Crippen molar-refractivity contribution in [1.29, 1.82) is 0 Å². The van der Waals surface area contributed by atoms with Gasteiger partial charge in [0.25, 0.3) is 5.56 Å². The molecule has 29 heavy (non-hydrogen) atoms. The Kier molecular flexibility index (Phi) is 4.59. The van der Waals surface area contributed by atoms with Crippen LogP contribution in [-0.2, 0) is 13.8 Å². The maximum atomic E-state index is 14.3. The minimum atomic E-state index is -4.82. The van der Waals surface area contributed by atoms with Crippen molar-refractivity contribution in [2.45, 2.75) is 31.0 Å². The Morgan fingerprint density at radius 1 is 1.45 bits per heavy atom. The van der Waals surface area contributed by atoms with E-state index in [2.05, 4.69) is 19.8 Å². The summed E-state index contributed by atoms with van der Waals surface area (Å²) >= 11 is 0. The van der Waals surface area contributed by atoms with Gasteiger partial charge in [0.1, 0.15) is 29.1 Å². The number of phosphoric acid groups is 1. The first-order valence-electron chi connectivity index (χ1n) is 8.30. The third-order valence-electron chi connectivity index (χ3n) is 4.79. The molecule has 4 rings (SSSR count). The smallest absolute Gasteiger partial charge is 0.387 e. The molecule has 4 atom stereocenters. The van der Waals surface area contributed by atoms with Gasteiger partial charge in [-0.1, -0.05) is 0 Å². The fraction of sp³-hybridized carbons (Fsp3) is 0.400. The highest BCUT2D eigenvalue weighted by Crippen LogP contribution is 2.42. The van der Waals surface area contributed by atoms with E-state index in [9.17, 15) is 24.0 Å². The highest BCUT2D eigenvalue weighted by molar-refractivity contribution is 7.46. The second-order valence-corrected chi connectivity index (χ2v) is 8.11. The van der Waals surface area contributed by atoms with Crippen molar-refractivity contribution in [3.8, 4) is 0 Å². The quantitative estimate of drug-likeness (QED) is 0.340. The number of halogens is 1. The SMILES string of the molecule is C[C@@]1(O)[C@H](O)[C@@H](COP(=O)(O)O)O[C@H]1n1cc2cc(F)c3c(=O)[nH]ncc(n1)c23. The average Bonchev–Trinajstić information content (AvgIpc) is 2.98. The number of aliphatic hydroxyl groups excluding tert-OH is 1. The number of H-pyrrole nitrogens is 1. The van der Waals surface area contributed by atoms with Crippen LogP contribution in [0.25, 0.3) is 21.7 Å². The molecule has 12 nitrogen and oxygen atoms in total. The van der Waals surface area contributed by atoms with Crippen LogP contribution in [0.2, 0.25) is 0 Å². The van der Waals surface area contributed by atoms with Crippen LogP contribution in [0, 0.1) is 5.82 Å². The molecule has 5 N–H and O–H groups in total. The third kappa shape index (κ3) is 3.36. The summed E-state index contributed by atoms with van der Waals surface area (Å²) < 4.78 is 36.2. The fourth-order valence-electron chi connectivity index (χ4n) is 3.44. The van der Waals surface area contributed by atoms with Crippen molar-refractivity contribution in [2.75, 3.05) is 6.61 Å². The Bertz CT molecular complexity index is 1200. The molecule has 3 heterocycles. The number of aliphatic hydroxyl groups is 2. The molecule has 14 heteroatoms. The second-order valence-electron chi connectivity index (χ2n) is 6.87. The van der Waals surface area contributed by atoms with Gasteiger partial charge in [-0.05, 0) is 13.0 Å². The summed E-state index contributed by atoms with van der Waals surface area (Å²) in [6.07, 6.45) is -1.66. The van der Waals surface area contributed by atoms with E-state index in [0.717, 1.165) is 10.7 Å². The topological polar surface area (TPSA) is 180 Å². The maximum Gasteiger partial charge on any atom is 0.469 e. The van der Waals surface area contributed by atoms with Gasteiger partial charge in [0.2, 0.25) is 0 Å². The molecule has 1 aliphatic heterocycles. The van der Waals surface area contributed by atoms with Crippen LogP contribution in [0.15, 0.2) is 23.3 Å². The van der Waals surface area contributed by atoms with Gasteiger partial charge in [-0.3, -0.25) is 9.32 Å². The molecule has 0 unspecified atom stereocenters. The summed E-state index contributed by atoms with van der Waals surface area (Å²) in [5.41, 5.74) is -2.56. The van der Waals surface area contributed by atoms with E-state index >= 15 is 0 Å². The summed E-state index contributed by atoms with van der Waals surface area (Å²) in [5.74, 6) is -0.782. The monoisotopic (exact) mass is 430 g/mol. The van der Waals surface area contributed by atoms with Crippen LogP contribution in [0.4, 0.5) is 4.39 Å². The zero-order valence-electron chi connectivity index (χ0n) is 14.8. The molecule has 1 saturated heterocycles. The normalized spacial score (nSPS) is 27.9. The van der Waals surface area contributed by atoms with Gasteiger partial charge in [-0.15, -0.1) is 0 Å². The molecule has 0 amide bonds. The van der Waals surface area contributed by atoms with E-state index in [1.807, 2.05) is 0 Å². The first-order chi connectivity index (χ1) is 13.5. The van der Waals surface area contributed by atoms with Gasteiger partial charge in [0, 0.05) is 17.0 Å². The molecular formula is C15H16FN4O8P. The molecule has 0 spiro atoms. The largest absolute Gasteiger partial charge is 0.469 e. The lowest BCUT2D eigenvalue weighted by Gasteiger charge is -2.27. The number of nitrogens with zero attached hydrogens (tertiary/aromatic N) is 3. The number of rotatable bonds is 4. The van der Waals surface area contributed by atoms with Gasteiger partial charge in [0.15, 0.2) is 6.23 Å². The molecule has 0 aliphatic carbocycles. The molecule has 1 aromatic carbocycles. The van der Waals surface area contributed by atoms with E-state index in [4.69, 9.17) is 14.5 Å². The van der Waals surface area contributed by atoms with E-state index < -0.39 is 49.8 Å². The van der Waals surface area contributed by atoms with Crippen molar-refractivity contribution in [2.24, 2.45) is 0 Å². The van der Waals surface area contributed by atoms with Gasteiger partial charge >= 0.3 is 7.82 Å². The van der Waals surface area contributed by atoms with Gasteiger partial charge in [-0.2, -0.15) is 10.2 Å². The molecule has 0 bridgehead atoms. The molecule has 1 aliphatic rings. The Morgan fingerprint density at radius 3 is 2.86 bits per heavy atom. The first-order valence-corrected chi connectivity index (χ1v) is 9.83. The molecule has 1 fully saturated rings. The van der Waals surface area contributed by atoms with E-state index in [-0.39, 0.29) is 21.7 Å². The van der Waals surface area contributed by atoms with E-state index in [1.54, 1.807) is 0 Å². The van der Waals surface area contributed by atoms with E-state index in [0.29, 0.717) is 0 Å². The average molecular weight is 430 g/mol. The number of aromatic nitrogens is 4. The summed E-state index contributed by atoms with van der Waals surface area (Å²) in [5, 5.41) is 31.4. The zero-order chi connectivity index (χ0) is 21.1. The van der Waals surface area contributed by atoms with Crippen molar-refractivity contribution < 1.29 is 38.2 Å². The number of ether oxygens (including phenoxy) is 1. The Hall–Kier alpha value is -2.25. The second kappa shape index (κ2) is 6.64. The van der Waals surface area contributed by atoms with Crippen molar-refractivity contribution in [1.82, 2.24) is 20.0 Å². The van der Waals surface area contributed by atoms with Crippen LogP contribution >= 0.6 is 7.82 Å². The molecule has 2 aromatic heterocycles. The summed E-state index contributed by atoms with van der Waals surface area (Å²) in [4.78, 5) is 29.7. The number of hydrogen-bond acceptors (Lipinski definition) is 8. The number of aromatic amines is 1. The van der Waals surface area contributed by atoms with Gasteiger partial charge in [0.05, 0.1) is 18.2 Å². The van der Waals surface area contributed by atoms with Crippen molar-refractivity contribution in [3.63, 3.8) is 0 Å². The van der Waals surface area contributed by atoms with Gasteiger partial charge < -0.3 is 24.7 Å². The lowest BCUT2D eigenvalue weighted by Crippen LogP contribution is -2.44. The predicted octanol–water partition coefficient (Wildman–Crippen LogP) is -0.470. The molecule has 156 valence electrons. The third-order valence-corrected chi connectivity index (χ3v) is 5.28. The molecule has 0 radical (unpaired) electrons. The van der Waals surface area contributed by atoms with Crippen molar-refractivity contribution in [3.05, 3.63) is 34.6 Å². The van der Waals surface area contributed by atoms with Crippen LogP contribution in [0.1, 0.15) is 13.2 Å². The summed E-state index contributed by atoms with van der Waals surface area (Å²) in [6.45, 7) is 0.551. The lowest BCUT2D eigenvalue weighted by atomic mass is 9.97. The fourth-order valence-corrected chi connectivity index (χ4v) is 3.78. The number of nitrogens with one attached hydrogen (secondary N) is 1. The predicted molar refractivity (Wildman–Crippen MR) is 94.1 cm³/mol. The van der Waals surface area contributed by atoms with Crippen LogP contribution in [0.3, 0.4) is 0 Å². The number of hydrogen-bond donors (Lipinski definition) is 5. The van der Waals surface area contributed by atoms with Crippen molar-refractivity contribution >= 4 is 29.5 Å². The highest BCUT2D eigenvalue weighted by Gasteiger charge is 2.53. The van der Waals surface area contributed by atoms with Crippen LogP contribution in [0.5, 0.6) is 0 Å². The van der Waals surface area contributed by atoms with Crippen LogP contribution in [-0.4, -0.2) is 64.4 Å². The van der Waals surface area contributed by atoms with Crippen LogP contribution < -0.4 is 5.56 Å². The molecular weight excluding hydrogens is 414 g/mol. The Labute approximate surface area is 160 Å². The first kappa shape index (κ1) is 20.0. The highest BCUT2D eigenvalue weighted by atomic mass is 31.2. The molecule has 3 aromatic rings. The standard InChI is InChI=1S/C15H16FN4O8P/c1-15(23)12(21)9(5-27-29(24,25)26)28-14(15)20-4-6-2-7(16)11-10(6)8(19-20)3-17-18-13(11)22/h2-4,9,12,14,21,23H,5H2,1H3,(H,18,22)(H2,24,25,26)/t9-,12-,14-,15-/m1/s1. The van der Waals surface area contributed by atoms with Gasteiger partial charge in [-0.25, -0.2) is 18.7 Å². The Morgan fingerprint density at radius 2 is 2.17 bits per heavy atom. The molecule has 0 saturated carbocycles. The maximum absolute atomic E-state index is 14.3. The zero-order valence-corrected chi connectivity index (χ0v) is 15.7. The minimum absolute atomic E-state index is 0.114. The summed E-state index contributed by atoms with van der Waals surface area (Å²) in [7, 11) is -4.82. The number of phosphoric ester groups is 1. The lowest BCUT2D eigenvalue weighted by molar-refractivity contribution is -0.102. The van der Waals surface area contributed by atoms with E-state index in [1.165, 1.54) is 19.3 Å². The minimum Gasteiger partial charge on any atom is -0.387 e. The Balaban J connectivity index is 1.79. The summed E-state index contributed by atoms with van der Waals surface area (Å²) in [6, 6.07) is 1.11.